The number of nitrogens with zero attached hydrogens (tertiary/aromatic N) is 3. The molecule has 0 spiro atoms. The third-order valence-electron chi connectivity index (χ3n) is 4.73. The van der Waals surface area contributed by atoms with Crippen LogP contribution in [-0.4, -0.2) is 33.6 Å². The van der Waals surface area contributed by atoms with Gasteiger partial charge in [-0.3, -0.25) is 4.79 Å². The van der Waals surface area contributed by atoms with Crippen LogP contribution in [0.3, 0.4) is 0 Å². The minimum atomic E-state index is -0.287. The van der Waals surface area contributed by atoms with Crippen LogP contribution >= 0.6 is 0 Å². The van der Waals surface area contributed by atoms with Crippen LogP contribution in [0, 0.1) is 6.92 Å². The summed E-state index contributed by atoms with van der Waals surface area (Å²) in [5, 5.41) is 11.2. The molecule has 3 aromatic rings. The summed E-state index contributed by atoms with van der Waals surface area (Å²) in [6.45, 7) is 6.53. The molecule has 4 rings (SSSR count). The van der Waals surface area contributed by atoms with Crippen molar-refractivity contribution in [2.75, 3.05) is 11.9 Å². The van der Waals surface area contributed by atoms with Crippen LogP contribution in [0.2, 0.25) is 0 Å². The first-order valence-electron chi connectivity index (χ1n) is 9.78. The molecule has 0 radical (unpaired) electrons. The Kier molecular flexibility index (Phi) is 5.20. The Morgan fingerprint density at radius 3 is 2.76 bits per heavy atom. The van der Waals surface area contributed by atoms with Crippen molar-refractivity contribution in [3.63, 3.8) is 0 Å². The van der Waals surface area contributed by atoms with Gasteiger partial charge in [0.2, 0.25) is 0 Å². The summed E-state index contributed by atoms with van der Waals surface area (Å²) in [5.74, 6) is 1.39. The van der Waals surface area contributed by atoms with Crippen molar-refractivity contribution >= 4 is 11.6 Å². The second-order valence-electron chi connectivity index (χ2n) is 7.32. The number of nitrogens with one attached hydrogen (secondary N) is 1. The Labute approximate surface area is 169 Å². The van der Waals surface area contributed by atoms with Gasteiger partial charge in [0, 0.05) is 5.69 Å². The predicted molar refractivity (Wildman–Crippen MR) is 110 cm³/mol. The molecule has 1 aliphatic rings. The van der Waals surface area contributed by atoms with Crippen LogP contribution < -0.4 is 14.8 Å². The van der Waals surface area contributed by atoms with Crippen molar-refractivity contribution < 1.29 is 14.3 Å². The molecule has 0 saturated heterocycles. The molecule has 7 nitrogen and oxygen atoms in total. The molecular weight excluding hydrogens is 368 g/mol. The number of fused-ring (bicyclic) bond motifs is 1. The second-order valence-corrected chi connectivity index (χ2v) is 7.32. The van der Waals surface area contributed by atoms with Crippen LogP contribution in [-0.2, 0) is 6.42 Å². The molecule has 0 saturated carbocycles. The van der Waals surface area contributed by atoms with E-state index >= 15 is 0 Å². The maximum atomic E-state index is 12.7. The molecule has 0 bridgehead atoms. The van der Waals surface area contributed by atoms with Crippen molar-refractivity contribution in [2.45, 2.75) is 39.7 Å². The van der Waals surface area contributed by atoms with Crippen LogP contribution in [0.25, 0.3) is 5.69 Å². The highest BCUT2D eigenvalue weighted by molar-refractivity contribution is 6.03. The summed E-state index contributed by atoms with van der Waals surface area (Å²) in [4.78, 5) is 12.7. The fraction of sp³-hybridized carbons (Fsp3) is 0.318. The average molecular weight is 392 g/mol. The van der Waals surface area contributed by atoms with E-state index in [9.17, 15) is 4.79 Å². The Morgan fingerprint density at radius 1 is 1.21 bits per heavy atom. The van der Waals surface area contributed by atoms with E-state index < -0.39 is 0 Å². The number of ether oxygens (including phenoxy) is 2. The molecule has 1 N–H and O–H groups in total. The van der Waals surface area contributed by atoms with Gasteiger partial charge in [-0.2, -0.15) is 0 Å². The summed E-state index contributed by atoms with van der Waals surface area (Å²) in [7, 11) is 0. The lowest BCUT2D eigenvalue weighted by molar-refractivity contribution is 0.102. The lowest BCUT2D eigenvalue weighted by Crippen LogP contribution is -2.15. The molecule has 2 aromatic carbocycles. The van der Waals surface area contributed by atoms with Gasteiger partial charge >= 0.3 is 0 Å². The normalized spacial score (nSPS) is 13.0. The first-order valence-corrected chi connectivity index (χ1v) is 9.78. The quantitative estimate of drug-likeness (QED) is 0.712. The van der Waals surface area contributed by atoms with E-state index in [0.717, 1.165) is 47.9 Å². The number of hydrogen-bond acceptors (Lipinski definition) is 5. The maximum Gasteiger partial charge on any atom is 0.278 e. The molecule has 0 fully saturated rings. The van der Waals surface area contributed by atoms with Crippen molar-refractivity contribution in [3.05, 3.63) is 59.4 Å². The highest BCUT2D eigenvalue weighted by Crippen LogP contribution is 2.28. The molecule has 0 atom stereocenters. The van der Waals surface area contributed by atoms with E-state index in [0.29, 0.717) is 11.4 Å². The summed E-state index contributed by atoms with van der Waals surface area (Å²) in [6, 6.07) is 13.2. The van der Waals surface area contributed by atoms with Gasteiger partial charge in [0.25, 0.3) is 5.91 Å². The molecule has 7 heteroatoms. The topological polar surface area (TPSA) is 78.3 Å². The Hall–Kier alpha value is -3.35. The number of carbonyl (C=O) groups excluding carboxylic acids is 1. The van der Waals surface area contributed by atoms with Gasteiger partial charge < -0.3 is 14.8 Å². The number of aromatic nitrogens is 3. The van der Waals surface area contributed by atoms with Gasteiger partial charge in [0.05, 0.1) is 24.1 Å². The number of hydrogen-bond donors (Lipinski definition) is 1. The minimum absolute atomic E-state index is 0.111. The molecule has 1 amide bonds. The predicted octanol–water partition coefficient (Wildman–Crippen LogP) is 3.94. The van der Waals surface area contributed by atoms with Crippen LogP contribution in [0.1, 0.15) is 42.0 Å². The summed E-state index contributed by atoms with van der Waals surface area (Å²) < 4.78 is 12.9. The van der Waals surface area contributed by atoms with E-state index in [-0.39, 0.29) is 12.0 Å². The number of benzene rings is 2. The van der Waals surface area contributed by atoms with Gasteiger partial charge in [0.15, 0.2) is 5.69 Å². The fourth-order valence-electron chi connectivity index (χ4n) is 3.35. The first-order chi connectivity index (χ1) is 14.0. The largest absolute Gasteiger partial charge is 0.493 e. The molecule has 0 unspecified atom stereocenters. The zero-order chi connectivity index (χ0) is 20.4. The van der Waals surface area contributed by atoms with E-state index in [4.69, 9.17) is 9.47 Å². The summed E-state index contributed by atoms with van der Waals surface area (Å²) >= 11 is 0. The monoisotopic (exact) mass is 392 g/mol. The number of amides is 1. The summed E-state index contributed by atoms with van der Waals surface area (Å²) in [5.41, 5.74) is 3.61. The molecule has 2 heterocycles. The molecule has 1 aromatic heterocycles. The lowest BCUT2D eigenvalue weighted by atomic mass is 10.1. The van der Waals surface area contributed by atoms with Gasteiger partial charge in [-0.05, 0) is 81.6 Å². The smallest absolute Gasteiger partial charge is 0.278 e. The van der Waals surface area contributed by atoms with Gasteiger partial charge in [0.1, 0.15) is 11.5 Å². The van der Waals surface area contributed by atoms with Crippen LogP contribution in [0.5, 0.6) is 11.5 Å². The SMILES string of the molecule is Cc1c(C(=O)Nc2ccc3c(c2)CCCO3)nnn1-c1ccc(OC(C)C)cc1. The molecular formula is C22H24N4O3. The van der Waals surface area contributed by atoms with E-state index in [1.54, 1.807) is 4.68 Å². The minimum Gasteiger partial charge on any atom is -0.493 e. The van der Waals surface area contributed by atoms with E-state index in [1.165, 1.54) is 0 Å². The zero-order valence-corrected chi connectivity index (χ0v) is 16.8. The standard InChI is InChI=1S/C22H24N4O3/c1-14(2)29-19-9-7-18(8-10-19)26-15(3)21(24-25-26)22(27)23-17-6-11-20-16(13-17)5-4-12-28-20/h6-11,13-14H,4-5,12H2,1-3H3,(H,23,27). The third kappa shape index (κ3) is 4.08. The number of aryl methyl sites for hydroxylation is 1. The molecule has 0 aliphatic carbocycles. The van der Waals surface area contributed by atoms with Crippen molar-refractivity contribution in [1.82, 2.24) is 15.0 Å². The zero-order valence-electron chi connectivity index (χ0n) is 16.8. The lowest BCUT2D eigenvalue weighted by Gasteiger charge is -2.17. The number of anilines is 1. The highest BCUT2D eigenvalue weighted by atomic mass is 16.5. The number of carbonyl (C=O) groups is 1. The van der Waals surface area contributed by atoms with Crippen LogP contribution in [0.4, 0.5) is 5.69 Å². The van der Waals surface area contributed by atoms with Crippen LogP contribution in [0.15, 0.2) is 42.5 Å². The van der Waals surface area contributed by atoms with Crippen molar-refractivity contribution in [1.29, 1.82) is 0 Å². The van der Waals surface area contributed by atoms with Gasteiger partial charge in [-0.25, -0.2) is 4.68 Å². The van der Waals surface area contributed by atoms with Gasteiger partial charge in [-0.15, -0.1) is 5.10 Å². The Bertz CT molecular complexity index is 1030. The first kappa shape index (κ1) is 19.0. The van der Waals surface area contributed by atoms with Gasteiger partial charge in [-0.1, -0.05) is 5.21 Å². The Morgan fingerprint density at radius 2 is 2.00 bits per heavy atom. The highest BCUT2D eigenvalue weighted by Gasteiger charge is 2.19. The fourth-order valence-corrected chi connectivity index (χ4v) is 3.35. The maximum absolute atomic E-state index is 12.7. The van der Waals surface area contributed by atoms with E-state index in [1.807, 2.05) is 63.2 Å². The second kappa shape index (κ2) is 7.95. The average Bonchev–Trinajstić information content (AvgIpc) is 3.09. The third-order valence-corrected chi connectivity index (χ3v) is 4.73. The Balaban J connectivity index is 1.51. The molecule has 29 heavy (non-hydrogen) atoms. The van der Waals surface area contributed by atoms with Crippen molar-refractivity contribution in [3.8, 4) is 17.2 Å². The summed E-state index contributed by atoms with van der Waals surface area (Å²) in [6.07, 6.45) is 2.04. The number of rotatable bonds is 5. The molecule has 150 valence electrons. The van der Waals surface area contributed by atoms with E-state index in [2.05, 4.69) is 15.6 Å². The van der Waals surface area contributed by atoms with Crippen molar-refractivity contribution in [2.24, 2.45) is 0 Å². The molecule has 1 aliphatic heterocycles.